The van der Waals surface area contributed by atoms with Crippen LogP contribution in [-0.4, -0.2) is 18.2 Å². The first-order valence-corrected chi connectivity index (χ1v) is 6.65. The summed E-state index contributed by atoms with van der Waals surface area (Å²) in [6, 6.07) is 15.0. The third-order valence-corrected chi connectivity index (χ3v) is 3.27. The van der Waals surface area contributed by atoms with Gasteiger partial charge in [-0.1, -0.05) is 42.5 Å². The van der Waals surface area contributed by atoms with Crippen molar-refractivity contribution in [3.8, 4) is 5.75 Å². The van der Waals surface area contributed by atoms with E-state index in [2.05, 4.69) is 0 Å². The van der Waals surface area contributed by atoms with Crippen LogP contribution in [0.25, 0.3) is 0 Å². The average Bonchev–Trinajstić information content (AvgIpc) is 2.48. The van der Waals surface area contributed by atoms with Crippen molar-refractivity contribution >= 4 is 5.97 Å². The molecule has 0 saturated carbocycles. The summed E-state index contributed by atoms with van der Waals surface area (Å²) in [7, 11) is 1.39. The maximum Gasteiger partial charge on any atom is 0.337 e. The zero-order valence-electron chi connectivity index (χ0n) is 12.1. The first-order valence-electron chi connectivity index (χ1n) is 6.65. The highest BCUT2D eigenvalue weighted by Crippen LogP contribution is 2.24. The number of hydrogen-bond acceptors (Lipinski definition) is 3. The Labute approximate surface area is 123 Å². The van der Waals surface area contributed by atoms with Crippen LogP contribution in [0, 0.1) is 6.92 Å². The Morgan fingerprint density at radius 1 is 1.14 bits per heavy atom. The molecule has 0 bridgehead atoms. The normalized spacial score (nSPS) is 11.9. The quantitative estimate of drug-likeness (QED) is 0.884. The summed E-state index contributed by atoms with van der Waals surface area (Å²) < 4.78 is 10.8. The predicted molar refractivity (Wildman–Crippen MR) is 79.3 cm³/mol. The van der Waals surface area contributed by atoms with Gasteiger partial charge in [-0.25, -0.2) is 4.79 Å². The van der Waals surface area contributed by atoms with Crippen LogP contribution in [0.1, 0.15) is 22.8 Å². The van der Waals surface area contributed by atoms with Crippen LogP contribution in [0.2, 0.25) is 0 Å². The standard InChI is InChI=1S/C17H18O4/c1-12-7-3-6-10-15(12)21-11-13-8-4-5-9-14(13)16(20-2)17(18)19/h3-10,16H,11H2,1-2H3,(H,18,19). The van der Waals surface area contributed by atoms with Gasteiger partial charge in [0.1, 0.15) is 12.4 Å². The van der Waals surface area contributed by atoms with E-state index in [-0.39, 0.29) is 0 Å². The van der Waals surface area contributed by atoms with Crippen molar-refractivity contribution in [3.63, 3.8) is 0 Å². The monoisotopic (exact) mass is 286 g/mol. The van der Waals surface area contributed by atoms with Gasteiger partial charge in [-0.3, -0.25) is 0 Å². The summed E-state index contributed by atoms with van der Waals surface area (Å²) in [5.74, 6) is -0.225. The van der Waals surface area contributed by atoms with E-state index < -0.39 is 12.1 Å². The molecule has 1 unspecified atom stereocenters. The Balaban J connectivity index is 2.21. The third-order valence-electron chi connectivity index (χ3n) is 3.27. The van der Waals surface area contributed by atoms with E-state index in [1.807, 2.05) is 43.3 Å². The van der Waals surface area contributed by atoms with Crippen LogP contribution in [0.5, 0.6) is 5.75 Å². The second-order valence-corrected chi connectivity index (χ2v) is 4.71. The Morgan fingerprint density at radius 2 is 1.81 bits per heavy atom. The number of carboxylic acid groups (broad SMARTS) is 1. The first kappa shape index (κ1) is 15.1. The molecule has 0 aliphatic rings. The van der Waals surface area contributed by atoms with Crippen LogP contribution in [-0.2, 0) is 16.1 Å². The summed E-state index contributed by atoms with van der Waals surface area (Å²) in [5.41, 5.74) is 2.45. The molecule has 4 heteroatoms. The molecule has 1 N–H and O–H groups in total. The number of benzene rings is 2. The maximum atomic E-state index is 11.2. The summed E-state index contributed by atoms with van der Waals surface area (Å²) in [4.78, 5) is 11.2. The fourth-order valence-electron chi connectivity index (χ4n) is 2.16. The molecule has 21 heavy (non-hydrogen) atoms. The van der Waals surface area contributed by atoms with Gasteiger partial charge in [-0.15, -0.1) is 0 Å². The van der Waals surface area contributed by atoms with Crippen molar-refractivity contribution in [2.45, 2.75) is 19.6 Å². The van der Waals surface area contributed by atoms with Crippen molar-refractivity contribution < 1.29 is 19.4 Å². The molecule has 110 valence electrons. The average molecular weight is 286 g/mol. The van der Waals surface area contributed by atoms with Crippen molar-refractivity contribution in [2.75, 3.05) is 7.11 Å². The van der Waals surface area contributed by atoms with E-state index in [1.165, 1.54) is 7.11 Å². The van der Waals surface area contributed by atoms with E-state index in [9.17, 15) is 9.90 Å². The van der Waals surface area contributed by atoms with Crippen LogP contribution in [0.4, 0.5) is 0 Å². The lowest BCUT2D eigenvalue weighted by Gasteiger charge is -2.16. The Kier molecular flexibility index (Phi) is 4.95. The maximum absolute atomic E-state index is 11.2. The number of para-hydroxylation sites is 1. The number of rotatable bonds is 6. The molecule has 1 atom stereocenters. The smallest absolute Gasteiger partial charge is 0.337 e. The fraction of sp³-hybridized carbons (Fsp3) is 0.235. The van der Waals surface area contributed by atoms with Gasteiger partial charge in [0.2, 0.25) is 0 Å². The van der Waals surface area contributed by atoms with Gasteiger partial charge < -0.3 is 14.6 Å². The highest BCUT2D eigenvalue weighted by atomic mass is 16.5. The minimum atomic E-state index is -1.01. The molecule has 2 aromatic carbocycles. The summed E-state index contributed by atoms with van der Waals surface area (Å²) in [6.45, 7) is 2.27. The fourth-order valence-corrected chi connectivity index (χ4v) is 2.16. The number of methoxy groups -OCH3 is 1. The van der Waals surface area contributed by atoms with Crippen molar-refractivity contribution in [3.05, 3.63) is 65.2 Å². The SMILES string of the molecule is COC(C(=O)O)c1ccccc1COc1ccccc1C. The van der Waals surface area contributed by atoms with Crippen LogP contribution in [0.15, 0.2) is 48.5 Å². The van der Waals surface area contributed by atoms with Gasteiger partial charge in [-0.2, -0.15) is 0 Å². The Morgan fingerprint density at radius 3 is 2.48 bits per heavy atom. The zero-order valence-corrected chi connectivity index (χ0v) is 12.1. The van der Waals surface area contributed by atoms with Gasteiger partial charge in [0.05, 0.1) is 0 Å². The van der Waals surface area contributed by atoms with E-state index in [0.717, 1.165) is 16.9 Å². The first-order chi connectivity index (χ1) is 10.1. The number of aryl methyl sites for hydroxylation is 1. The molecule has 0 heterocycles. The van der Waals surface area contributed by atoms with Gasteiger partial charge in [0, 0.05) is 7.11 Å². The second kappa shape index (κ2) is 6.90. The van der Waals surface area contributed by atoms with Gasteiger partial charge in [0.15, 0.2) is 6.10 Å². The number of hydrogen-bond donors (Lipinski definition) is 1. The molecule has 0 aliphatic carbocycles. The lowest BCUT2D eigenvalue weighted by Crippen LogP contribution is -2.16. The van der Waals surface area contributed by atoms with Crippen LogP contribution in [0.3, 0.4) is 0 Å². The Hall–Kier alpha value is -2.33. The number of carbonyl (C=O) groups is 1. The van der Waals surface area contributed by atoms with E-state index in [0.29, 0.717) is 12.2 Å². The van der Waals surface area contributed by atoms with E-state index in [1.54, 1.807) is 12.1 Å². The molecule has 0 spiro atoms. The van der Waals surface area contributed by atoms with E-state index in [4.69, 9.17) is 9.47 Å². The summed E-state index contributed by atoms with van der Waals surface area (Å²) in [5, 5.41) is 9.21. The molecule has 0 saturated heterocycles. The Bertz CT molecular complexity index is 622. The molecular formula is C17H18O4. The van der Waals surface area contributed by atoms with Crippen LogP contribution >= 0.6 is 0 Å². The molecule has 2 aromatic rings. The molecule has 0 fully saturated rings. The van der Waals surface area contributed by atoms with E-state index >= 15 is 0 Å². The number of aliphatic carboxylic acids is 1. The minimum absolute atomic E-state index is 0.300. The molecular weight excluding hydrogens is 268 g/mol. The molecule has 4 nitrogen and oxygen atoms in total. The lowest BCUT2D eigenvalue weighted by atomic mass is 10.0. The van der Waals surface area contributed by atoms with Gasteiger partial charge >= 0.3 is 5.97 Å². The predicted octanol–water partition coefficient (Wildman–Crippen LogP) is 3.35. The molecule has 2 rings (SSSR count). The minimum Gasteiger partial charge on any atom is -0.489 e. The zero-order chi connectivity index (χ0) is 15.2. The number of ether oxygens (including phenoxy) is 2. The molecule has 0 aliphatic heterocycles. The van der Waals surface area contributed by atoms with Crippen molar-refractivity contribution in [1.82, 2.24) is 0 Å². The highest BCUT2D eigenvalue weighted by Gasteiger charge is 2.21. The number of carboxylic acids is 1. The largest absolute Gasteiger partial charge is 0.489 e. The van der Waals surface area contributed by atoms with Crippen LogP contribution < -0.4 is 4.74 Å². The second-order valence-electron chi connectivity index (χ2n) is 4.71. The third kappa shape index (κ3) is 3.61. The molecule has 0 aromatic heterocycles. The lowest BCUT2D eigenvalue weighted by molar-refractivity contribution is -0.148. The van der Waals surface area contributed by atoms with Crippen molar-refractivity contribution in [2.24, 2.45) is 0 Å². The summed E-state index contributed by atoms with van der Waals surface area (Å²) in [6.07, 6.45) is -0.985. The topological polar surface area (TPSA) is 55.8 Å². The highest BCUT2D eigenvalue weighted by molar-refractivity contribution is 5.75. The molecule has 0 radical (unpaired) electrons. The molecule has 0 amide bonds. The van der Waals surface area contributed by atoms with Gasteiger partial charge in [-0.05, 0) is 29.7 Å². The van der Waals surface area contributed by atoms with Crippen molar-refractivity contribution in [1.29, 1.82) is 0 Å². The summed E-state index contributed by atoms with van der Waals surface area (Å²) >= 11 is 0. The van der Waals surface area contributed by atoms with Gasteiger partial charge in [0.25, 0.3) is 0 Å².